The van der Waals surface area contributed by atoms with Gasteiger partial charge in [0.2, 0.25) is 35.7 Å². The standard InChI is InChI=1S/C28H36N12O8S4.2Na/c41-6-10-49-8-4-29-23-35-25-31-15-17-2-1-3-18(12-17)16-32-26-36-24(30-5-9-50-11-7-42)38-28(40-26)34-20-13-19(33-27(37-23)39-25)21(51(43,44)45)14-22(20)52(46,47)48;;/h1-3,12-14,41-42H,4-11,15-16H2,(H,43,44,45)(H,46,47,48)(H3,29,31,33,35,37,39)(H3,30,32,34,36,38,40);;/q;2*+1/p-2. The average Bonchev–Trinajstić information content (AvgIpc) is 3.08. The van der Waals surface area contributed by atoms with Crippen LogP contribution < -0.4 is 91.0 Å². The Morgan fingerprint density at radius 1 is 0.630 bits per heavy atom. The molecule has 54 heavy (non-hydrogen) atoms. The third-order valence-electron chi connectivity index (χ3n) is 6.81. The van der Waals surface area contributed by atoms with Gasteiger partial charge >= 0.3 is 59.1 Å². The number of hydrogen-bond acceptors (Lipinski definition) is 22. The van der Waals surface area contributed by atoms with Gasteiger partial charge < -0.3 is 51.2 Å². The zero-order valence-corrected chi connectivity index (χ0v) is 36.5. The molecular formula is C28H34N12Na2O8S4. The molecule has 0 aliphatic carbocycles. The summed E-state index contributed by atoms with van der Waals surface area (Å²) in [5.74, 6) is 2.07. The maximum Gasteiger partial charge on any atom is 1.00 e. The van der Waals surface area contributed by atoms with Gasteiger partial charge in [0.25, 0.3) is 0 Å². The molecular weight excluding hydrogens is 807 g/mol. The van der Waals surface area contributed by atoms with Crippen molar-refractivity contribution in [2.45, 2.75) is 22.9 Å². The molecule has 5 rings (SSSR count). The van der Waals surface area contributed by atoms with Gasteiger partial charge in [-0.2, -0.15) is 53.4 Å². The van der Waals surface area contributed by atoms with Crippen LogP contribution in [0.25, 0.3) is 0 Å². The molecule has 26 heteroatoms. The largest absolute Gasteiger partial charge is 1.00 e. The van der Waals surface area contributed by atoms with Crippen LogP contribution in [0.4, 0.5) is 47.1 Å². The number of benzene rings is 2. The maximum atomic E-state index is 12.4. The van der Waals surface area contributed by atoms with E-state index in [1.807, 2.05) is 24.3 Å². The topological polar surface area (TPSA) is 304 Å². The molecule has 0 spiro atoms. The van der Waals surface area contributed by atoms with Crippen molar-refractivity contribution in [1.82, 2.24) is 29.9 Å². The van der Waals surface area contributed by atoms with Gasteiger partial charge in [0.05, 0.1) is 34.4 Å². The Morgan fingerprint density at radius 3 is 1.46 bits per heavy atom. The predicted molar refractivity (Wildman–Crippen MR) is 195 cm³/mol. The van der Waals surface area contributed by atoms with E-state index in [0.29, 0.717) is 42.2 Å². The zero-order chi connectivity index (χ0) is 37.1. The second-order valence-electron chi connectivity index (χ2n) is 10.7. The van der Waals surface area contributed by atoms with Gasteiger partial charge in [-0.3, -0.25) is 0 Å². The Hall–Kier alpha value is -2.30. The van der Waals surface area contributed by atoms with Crippen LogP contribution in [0.2, 0.25) is 0 Å². The quantitative estimate of drug-likeness (QED) is 0.0336. The number of anilines is 8. The summed E-state index contributed by atoms with van der Waals surface area (Å²) in [4.78, 5) is 23.9. The molecule has 8 bridgehead atoms. The Labute approximate surface area is 364 Å². The minimum Gasteiger partial charge on any atom is -0.744 e. The fourth-order valence-corrected chi connectivity index (χ4v) is 7.12. The van der Waals surface area contributed by atoms with E-state index in [0.717, 1.165) is 17.2 Å². The van der Waals surface area contributed by atoms with E-state index in [-0.39, 0.29) is 121 Å². The molecule has 8 N–H and O–H groups in total. The number of nitrogens with zero attached hydrogens (tertiary/aromatic N) is 6. The van der Waals surface area contributed by atoms with Crippen molar-refractivity contribution < 1.29 is 95.3 Å². The molecule has 4 aromatic rings. The van der Waals surface area contributed by atoms with Crippen LogP contribution >= 0.6 is 23.5 Å². The van der Waals surface area contributed by atoms with E-state index < -0.39 is 41.4 Å². The number of aromatic nitrogens is 6. The summed E-state index contributed by atoms with van der Waals surface area (Å²) < 4.78 is 74.6. The Kier molecular flexibility index (Phi) is 18.7. The van der Waals surface area contributed by atoms with Crippen molar-refractivity contribution in [2.75, 3.05) is 81.2 Å². The van der Waals surface area contributed by atoms with Crippen molar-refractivity contribution in [3.63, 3.8) is 0 Å². The first kappa shape index (κ1) is 46.1. The SMILES string of the molecule is O=S(=O)([O-])c1cc(S(=O)(=O)[O-])c2cc1Nc1nc(NCCSCCO)nc(n1)NCc1cccc(c1)CNc1nc(NCCSCCO)nc(n1)N2.[Na+].[Na+]. The first-order chi connectivity index (χ1) is 24.9. The molecule has 20 nitrogen and oxygen atoms in total. The molecule has 280 valence electrons. The average molecular weight is 841 g/mol. The molecule has 1 aliphatic heterocycles. The summed E-state index contributed by atoms with van der Waals surface area (Å²) in [6.07, 6.45) is 0. The normalized spacial score (nSPS) is 12.5. The molecule has 1 aliphatic rings. The summed E-state index contributed by atoms with van der Waals surface area (Å²) in [5.41, 5.74) is 0.772. The van der Waals surface area contributed by atoms with Crippen LogP contribution in [-0.2, 0) is 33.3 Å². The Bertz CT molecular complexity index is 1950. The van der Waals surface area contributed by atoms with Crippen molar-refractivity contribution in [1.29, 1.82) is 0 Å². The zero-order valence-electron chi connectivity index (χ0n) is 29.2. The van der Waals surface area contributed by atoms with Gasteiger partial charge in [-0.05, 0) is 23.3 Å². The number of rotatable bonds is 14. The molecule has 0 fully saturated rings. The first-order valence-corrected chi connectivity index (χ1v) is 20.6. The molecule has 0 amide bonds. The van der Waals surface area contributed by atoms with Gasteiger partial charge in [-0.1, -0.05) is 24.3 Å². The minimum atomic E-state index is -5.39. The van der Waals surface area contributed by atoms with Crippen LogP contribution in [0, 0.1) is 0 Å². The van der Waals surface area contributed by atoms with E-state index in [9.17, 15) is 25.9 Å². The molecule has 0 radical (unpaired) electrons. The molecule has 2 aromatic heterocycles. The number of aliphatic hydroxyl groups excluding tert-OH is 2. The number of thioether (sulfide) groups is 2. The van der Waals surface area contributed by atoms with E-state index >= 15 is 0 Å². The molecule has 3 heterocycles. The van der Waals surface area contributed by atoms with E-state index in [2.05, 4.69) is 61.8 Å². The first-order valence-electron chi connectivity index (χ1n) is 15.5. The van der Waals surface area contributed by atoms with Crippen LogP contribution in [0.5, 0.6) is 0 Å². The summed E-state index contributed by atoms with van der Waals surface area (Å²) >= 11 is 2.97. The van der Waals surface area contributed by atoms with Crippen LogP contribution in [-0.4, -0.2) is 115 Å². The summed E-state index contributed by atoms with van der Waals surface area (Å²) in [5, 5.41) is 35.7. The van der Waals surface area contributed by atoms with Crippen molar-refractivity contribution >= 4 is 90.8 Å². The summed E-state index contributed by atoms with van der Waals surface area (Å²) in [6, 6.07) is 8.90. The molecule has 0 saturated heterocycles. The monoisotopic (exact) mass is 840 g/mol. The van der Waals surface area contributed by atoms with Gasteiger partial charge in [0.1, 0.15) is 20.2 Å². The van der Waals surface area contributed by atoms with Gasteiger partial charge in [0.15, 0.2) is 0 Å². The molecule has 0 saturated carbocycles. The number of hydrogen-bond donors (Lipinski definition) is 8. The Morgan fingerprint density at radius 2 is 1.06 bits per heavy atom. The second kappa shape index (κ2) is 21.9. The van der Waals surface area contributed by atoms with Gasteiger partial charge in [-0.25, -0.2) is 16.8 Å². The predicted octanol–water partition coefficient (Wildman–Crippen LogP) is -4.83. The van der Waals surface area contributed by atoms with Gasteiger partial charge in [0, 0.05) is 49.2 Å². The minimum absolute atomic E-state index is 0. The van der Waals surface area contributed by atoms with E-state index in [1.54, 1.807) is 0 Å². The van der Waals surface area contributed by atoms with E-state index in [4.69, 9.17) is 10.2 Å². The van der Waals surface area contributed by atoms with Crippen LogP contribution in [0.3, 0.4) is 0 Å². The third-order valence-corrected chi connectivity index (χ3v) is 10.5. The third kappa shape index (κ3) is 14.0. The van der Waals surface area contributed by atoms with Crippen LogP contribution in [0.1, 0.15) is 11.1 Å². The van der Waals surface area contributed by atoms with Gasteiger partial charge in [-0.15, -0.1) is 0 Å². The molecule has 0 atom stereocenters. The van der Waals surface area contributed by atoms with Crippen molar-refractivity contribution in [2.24, 2.45) is 0 Å². The Balaban J connectivity index is 0.00000392. The smallest absolute Gasteiger partial charge is 0.744 e. The number of fused-ring (bicyclic) bond motifs is 8. The summed E-state index contributed by atoms with van der Waals surface area (Å²) in [7, 11) is -10.8. The molecule has 0 unspecified atom stereocenters. The fourth-order valence-electron chi connectivity index (χ4n) is 4.61. The molecule has 2 aromatic carbocycles. The van der Waals surface area contributed by atoms with Crippen LogP contribution in [0.15, 0.2) is 46.2 Å². The maximum absolute atomic E-state index is 12.4. The number of aliphatic hydroxyl groups is 2. The number of nitrogens with one attached hydrogen (secondary N) is 6. The summed E-state index contributed by atoms with van der Waals surface area (Å²) in [6.45, 7) is 1.32. The van der Waals surface area contributed by atoms with Crippen molar-refractivity contribution in [3.8, 4) is 0 Å². The van der Waals surface area contributed by atoms with Crippen molar-refractivity contribution in [3.05, 3.63) is 47.5 Å². The second-order valence-corrected chi connectivity index (χ2v) is 15.8. The van der Waals surface area contributed by atoms with E-state index in [1.165, 1.54) is 23.5 Å². The fraction of sp³-hybridized carbons (Fsp3) is 0.357.